The lowest BCUT2D eigenvalue weighted by Crippen LogP contribution is -2.26. The Labute approximate surface area is 128 Å². The molecule has 1 heterocycles. The van der Waals surface area contributed by atoms with Gasteiger partial charge in [0.2, 0.25) is 11.1 Å². The lowest BCUT2D eigenvalue weighted by molar-refractivity contribution is -0.118. The Morgan fingerprint density at radius 2 is 2.10 bits per heavy atom. The molecule has 112 valence electrons. The van der Waals surface area contributed by atoms with Gasteiger partial charge in [-0.15, -0.1) is 5.10 Å². The third-order valence-electron chi connectivity index (χ3n) is 2.97. The minimum atomic E-state index is 0.0298. The molecule has 1 amide bonds. The maximum atomic E-state index is 11.7. The Hall–Kier alpha value is -1.82. The number of amides is 1. The smallest absolute Gasteiger partial charge is 0.230 e. The molecule has 5 nitrogen and oxygen atoms in total. The Morgan fingerprint density at radius 3 is 2.81 bits per heavy atom. The van der Waals surface area contributed by atoms with Gasteiger partial charge in [0.05, 0.1) is 5.75 Å². The quantitative estimate of drug-likeness (QED) is 0.580. The van der Waals surface area contributed by atoms with Crippen molar-refractivity contribution in [2.75, 3.05) is 12.3 Å². The number of benzene rings is 1. The van der Waals surface area contributed by atoms with Gasteiger partial charge < -0.3 is 5.32 Å². The Kier molecular flexibility index (Phi) is 6.27. The van der Waals surface area contributed by atoms with E-state index in [9.17, 15) is 4.79 Å². The van der Waals surface area contributed by atoms with E-state index in [4.69, 9.17) is 0 Å². The van der Waals surface area contributed by atoms with Gasteiger partial charge in [-0.2, -0.15) is 0 Å². The number of nitrogens with one attached hydrogen (secondary N) is 2. The molecule has 0 atom stereocenters. The van der Waals surface area contributed by atoms with Gasteiger partial charge in [-0.05, 0) is 31.7 Å². The topological polar surface area (TPSA) is 70.7 Å². The zero-order valence-corrected chi connectivity index (χ0v) is 12.9. The molecule has 0 fully saturated rings. The van der Waals surface area contributed by atoms with Crippen LogP contribution in [0, 0.1) is 6.92 Å². The molecular formula is C15H20N4OS. The van der Waals surface area contributed by atoms with Crippen LogP contribution in [0.4, 0.5) is 0 Å². The van der Waals surface area contributed by atoms with Gasteiger partial charge in [-0.25, -0.2) is 4.98 Å². The number of unbranched alkanes of at least 4 members (excludes halogenated alkanes) is 1. The second kappa shape index (κ2) is 8.46. The van der Waals surface area contributed by atoms with Crippen molar-refractivity contribution in [3.63, 3.8) is 0 Å². The molecule has 1 aromatic carbocycles. The molecule has 0 saturated heterocycles. The number of hydrogen-bond donors (Lipinski definition) is 2. The number of thioether (sulfide) groups is 1. The minimum Gasteiger partial charge on any atom is -0.355 e. The zero-order chi connectivity index (χ0) is 14.9. The van der Waals surface area contributed by atoms with Gasteiger partial charge in [0.25, 0.3) is 0 Å². The maximum absolute atomic E-state index is 11.7. The molecule has 2 aromatic rings. The zero-order valence-electron chi connectivity index (χ0n) is 12.1. The Balaban J connectivity index is 1.53. The average Bonchev–Trinajstić information content (AvgIpc) is 2.91. The van der Waals surface area contributed by atoms with Crippen LogP contribution in [0.1, 0.15) is 24.2 Å². The fourth-order valence-electron chi connectivity index (χ4n) is 1.89. The summed E-state index contributed by atoms with van der Waals surface area (Å²) in [6.07, 6.45) is 3.13. The molecule has 0 aliphatic rings. The van der Waals surface area contributed by atoms with E-state index in [0.29, 0.717) is 10.9 Å². The summed E-state index contributed by atoms with van der Waals surface area (Å²) >= 11 is 1.34. The molecule has 1 aromatic heterocycles. The lowest BCUT2D eigenvalue weighted by Gasteiger charge is -2.04. The van der Waals surface area contributed by atoms with Crippen LogP contribution in [0.5, 0.6) is 0 Å². The standard InChI is InChI=1S/C15H20N4OS/c1-12-17-15(19-18-12)21-11-14(20)16-10-6-5-9-13-7-3-2-4-8-13/h2-4,7-8H,5-6,9-11H2,1H3,(H,16,20)(H,17,18,19). The van der Waals surface area contributed by atoms with Crippen LogP contribution in [-0.2, 0) is 11.2 Å². The summed E-state index contributed by atoms with van der Waals surface area (Å²) in [6.45, 7) is 2.56. The number of carbonyl (C=O) groups is 1. The predicted octanol–water partition coefficient (Wildman–Crippen LogP) is 2.34. The average molecular weight is 304 g/mol. The monoisotopic (exact) mass is 304 g/mol. The summed E-state index contributed by atoms with van der Waals surface area (Å²) in [4.78, 5) is 15.8. The van der Waals surface area contributed by atoms with Crippen molar-refractivity contribution in [1.29, 1.82) is 0 Å². The minimum absolute atomic E-state index is 0.0298. The molecule has 6 heteroatoms. The van der Waals surface area contributed by atoms with Crippen LogP contribution in [0.25, 0.3) is 0 Å². The van der Waals surface area contributed by atoms with E-state index in [2.05, 4.69) is 44.8 Å². The third-order valence-corrected chi connectivity index (χ3v) is 3.81. The van der Waals surface area contributed by atoms with E-state index < -0.39 is 0 Å². The first-order valence-electron chi connectivity index (χ1n) is 7.06. The molecule has 0 radical (unpaired) electrons. The molecule has 0 spiro atoms. The van der Waals surface area contributed by atoms with Crippen LogP contribution in [0.2, 0.25) is 0 Å². The van der Waals surface area contributed by atoms with E-state index in [1.807, 2.05) is 13.0 Å². The molecular weight excluding hydrogens is 284 g/mol. The first-order chi connectivity index (χ1) is 10.2. The predicted molar refractivity (Wildman–Crippen MR) is 84.2 cm³/mol. The van der Waals surface area contributed by atoms with Crippen LogP contribution in [0.3, 0.4) is 0 Å². The molecule has 2 N–H and O–H groups in total. The number of nitrogens with zero attached hydrogens (tertiary/aromatic N) is 2. The highest BCUT2D eigenvalue weighted by Crippen LogP contribution is 2.11. The molecule has 0 saturated carbocycles. The van der Waals surface area contributed by atoms with Gasteiger partial charge in [0.1, 0.15) is 5.82 Å². The molecule has 2 rings (SSSR count). The van der Waals surface area contributed by atoms with E-state index in [-0.39, 0.29) is 5.91 Å². The van der Waals surface area contributed by atoms with Gasteiger partial charge in [0.15, 0.2) is 0 Å². The van der Waals surface area contributed by atoms with E-state index in [0.717, 1.165) is 31.6 Å². The molecule has 0 aliphatic carbocycles. The SMILES string of the molecule is Cc1nc(SCC(=O)NCCCCc2ccccc2)n[nH]1. The van der Waals surface area contributed by atoms with Gasteiger partial charge in [-0.1, -0.05) is 42.1 Å². The highest BCUT2D eigenvalue weighted by atomic mass is 32.2. The lowest BCUT2D eigenvalue weighted by atomic mass is 10.1. The van der Waals surface area contributed by atoms with Crippen molar-refractivity contribution in [3.05, 3.63) is 41.7 Å². The number of hydrogen-bond acceptors (Lipinski definition) is 4. The second-order valence-corrected chi connectivity index (χ2v) is 5.73. The number of carbonyl (C=O) groups excluding carboxylic acids is 1. The summed E-state index contributed by atoms with van der Waals surface area (Å²) in [6, 6.07) is 10.4. The summed E-state index contributed by atoms with van der Waals surface area (Å²) in [5, 5.41) is 10.3. The van der Waals surface area contributed by atoms with Crippen molar-refractivity contribution in [2.45, 2.75) is 31.3 Å². The Bertz CT molecular complexity index is 556. The highest BCUT2D eigenvalue weighted by molar-refractivity contribution is 7.99. The van der Waals surface area contributed by atoms with Crippen molar-refractivity contribution in [3.8, 4) is 0 Å². The first-order valence-corrected chi connectivity index (χ1v) is 8.05. The van der Waals surface area contributed by atoms with Crippen molar-refractivity contribution < 1.29 is 4.79 Å². The summed E-state index contributed by atoms with van der Waals surface area (Å²) in [7, 11) is 0. The van der Waals surface area contributed by atoms with Crippen LogP contribution in [0.15, 0.2) is 35.5 Å². The molecule has 0 bridgehead atoms. The fourth-order valence-corrected chi connectivity index (χ4v) is 2.57. The molecule has 0 unspecified atom stereocenters. The van der Waals surface area contributed by atoms with Crippen molar-refractivity contribution >= 4 is 17.7 Å². The summed E-state index contributed by atoms with van der Waals surface area (Å²) in [5.41, 5.74) is 1.35. The summed E-state index contributed by atoms with van der Waals surface area (Å²) < 4.78 is 0. The number of aromatic amines is 1. The number of aromatic nitrogens is 3. The molecule has 0 aliphatic heterocycles. The van der Waals surface area contributed by atoms with Crippen molar-refractivity contribution in [2.24, 2.45) is 0 Å². The van der Waals surface area contributed by atoms with Gasteiger partial charge in [0, 0.05) is 6.54 Å². The Morgan fingerprint density at radius 1 is 1.29 bits per heavy atom. The van der Waals surface area contributed by atoms with Gasteiger partial charge >= 0.3 is 0 Å². The summed E-state index contributed by atoms with van der Waals surface area (Å²) in [5.74, 6) is 1.15. The largest absolute Gasteiger partial charge is 0.355 e. The fraction of sp³-hybridized carbons (Fsp3) is 0.400. The van der Waals surface area contributed by atoms with E-state index in [1.165, 1.54) is 17.3 Å². The normalized spacial score (nSPS) is 10.5. The highest BCUT2D eigenvalue weighted by Gasteiger charge is 2.05. The first kappa shape index (κ1) is 15.6. The van der Waals surface area contributed by atoms with Crippen LogP contribution < -0.4 is 5.32 Å². The van der Waals surface area contributed by atoms with Crippen molar-refractivity contribution in [1.82, 2.24) is 20.5 Å². The molecule has 21 heavy (non-hydrogen) atoms. The van der Waals surface area contributed by atoms with Crippen LogP contribution in [-0.4, -0.2) is 33.4 Å². The van der Waals surface area contributed by atoms with E-state index in [1.54, 1.807) is 0 Å². The van der Waals surface area contributed by atoms with Crippen LogP contribution >= 0.6 is 11.8 Å². The number of H-pyrrole nitrogens is 1. The van der Waals surface area contributed by atoms with Gasteiger partial charge in [-0.3, -0.25) is 9.89 Å². The third kappa shape index (κ3) is 5.99. The maximum Gasteiger partial charge on any atom is 0.230 e. The number of rotatable bonds is 8. The number of aryl methyl sites for hydroxylation is 2. The second-order valence-electron chi connectivity index (χ2n) is 4.78. The van der Waals surface area contributed by atoms with E-state index >= 15 is 0 Å².